The van der Waals surface area contributed by atoms with Crippen molar-refractivity contribution in [3.05, 3.63) is 12.2 Å². The lowest BCUT2D eigenvalue weighted by Gasteiger charge is -2.34. The molecule has 0 N–H and O–H groups in total. The predicted molar refractivity (Wildman–Crippen MR) is 65.6 cm³/mol. The molecule has 0 aromatic rings. The first-order chi connectivity index (χ1) is 7.00. The molecule has 15 heavy (non-hydrogen) atoms. The Morgan fingerprint density at radius 3 is 2.07 bits per heavy atom. The molecule has 2 nitrogen and oxygen atoms in total. The highest BCUT2D eigenvalue weighted by atomic mass is 15.2. The molecule has 0 aliphatic carbocycles. The Morgan fingerprint density at radius 1 is 1.13 bits per heavy atom. The fraction of sp³-hybridized carbons (Fsp3) is 0.769. The van der Waals surface area contributed by atoms with Crippen LogP contribution in [-0.4, -0.2) is 23.0 Å². The topological polar surface area (TPSA) is 27.0 Å². The third-order valence-electron chi connectivity index (χ3n) is 2.50. The van der Waals surface area contributed by atoms with E-state index in [1.54, 1.807) is 0 Å². The number of unbranched alkanes of at least 4 members (excludes halogenated alkanes) is 1. The highest BCUT2D eigenvalue weighted by Crippen LogP contribution is 2.11. The van der Waals surface area contributed by atoms with Crippen molar-refractivity contribution < 1.29 is 0 Å². The summed E-state index contributed by atoms with van der Waals surface area (Å²) in [5.41, 5.74) is 0. The first-order valence-corrected chi connectivity index (χ1v) is 5.81. The van der Waals surface area contributed by atoms with Crippen molar-refractivity contribution in [2.75, 3.05) is 0 Å². The SMILES string of the molecule is CC(C)N(C(C)C)C(C)C=CCCC#N. The van der Waals surface area contributed by atoms with Crippen molar-refractivity contribution in [2.24, 2.45) is 0 Å². The maximum atomic E-state index is 8.42. The largest absolute Gasteiger partial charge is 0.292 e. The van der Waals surface area contributed by atoms with Crippen LogP contribution in [0.5, 0.6) is 0 Å². The quantitative estimate of drug-likeness (QED) is 0.494. The van der Waals surface area contributed by atoms with E-state index in [-0.39, 0.29) is 0 Å². The van der Waals surface area contributed by atoms with E-state index < -0.39 is 0 Å². The van der Waals surface area contributed by atoms with Gasteiger partial charge in [-0.2, -0.15) is 5.26 Å². The standard InChI is InChI=1S/C13H24N2/c1-11(2)15(12(3)4)13(5)9-7-6-8-10-14/h7,9,11-13H,6,8H2,1-5H3. The van der Waals surface area contributed by atoms with Crippen molar-refractivity contribution in [1.29, 1.82) is 5.26 Å². The molecule has 1 atom stereocenters. The second kappa shape index (κ2) is 7.48. The van der Waals surface area contributed by atoms with Gasteiger partial charge in [-0.1, -0.05) is 12.2 Å². The summed E-state index contributed by atoms with van der Waals surface area (Å²) >= 11 is 0. The van der Waals surface area contributed by atoms with E-state index in [0.717, 1.165) is 6.42 Å². The van der Waals surface area contributed by atoms with Gasteiger partial charge in [0.25, 0.3) is 0 Å². The van der Waals surface area contributed by atoms with E-state index in [2.05, 4.69) is 57.7 Å². The number of nitriles is 1. The number of nitrogens with zero attached hydrogens (tertiary/aromatic N) is 2. The van der Waals surface area contributed by atoms with E-state index >= 15 is 0 Å². The third-order valence-corrected chi connectivity index (χ3v) is 2.50. The summed E-state index contributed by atoms with van der Waals surface area (Å²) in [6.45, 7) is 11.1. The Balaban J connectivity index is 4.21. The van der Waals surface area contributed by atoms with Crippen LogP contribution in [0.4, 0.5) is 0 Å². The maximum Gasteiger partial charge on any atom is 0.0624 e. The second-order valence-corrected chi connectivity index (χ2v) is 4.50. The normalized spacial score (nSPS) is 14.1. The molecule has 0 aliphatic heterocycles. The summed E-state index contributed by atoms with van der Waals surface area (Å²) < 4.78 is 0. The highest BCUT2D eigenvalue weighted by molar-refractivity contribution is 4.95. The van der Waals surface area contributed by atoms with Gasteiger partial charge in [-0.3, -0.25) is 4.90 Å². The number of rotatable bonds is 6. The molecule has 0 heterocycles. The fourth-order valence-electron chi connectivity index (χ4n) is 2.08. The average Bonchev–Trinajstić information content (AvgIpc) is 2.11. The first kappa shape index (κ1) is 14.2. The highest BCUT2D eigenvalue weighted by Gasteiger charge is 2.17. The summed E-state index contributed by atoms with van der Waals surface area (Å²) in [7, 11) is 0. The average molecular weight is 208 g/mol. The number of allylic oxidation sites excluding steroid dienone is 1. The van der Waals surface area contributed by atoms with Crippen LogP contribution in [0.15, 0.2) is 12.2 Å². The van der Waals surface area contributed by atoms with Gasteiger partial charge in [0.2, 0.25) is 0 Å². The van der Waals surface area contributed by atoms with Crippen LogP contribution in [0.2, 0.25) is 0 Å². The van der Waals surface area contributed by atoms with Crippen LogP contribution < -0.4 is 0 Å². The van der Waals surface area contributed by atoms with E-state index in [1.165, 1.54) is 0 Å². The molecule has 0 saturated carbocycles. The predicted octanol–water partition coefficient (Wildman–Crippen LogP) is 3.35. The first-order valence-electron chi connectivity index (χ1n) is 5.81. The lowest BCUT2D eigenvalue weighted by Crippen LogP contribution is -2.42. The minimum atomic E-state index is 0.448. The Hall–Kier alpha value is -0.810. The summed E-state index contributed by atoms with van der Waals surface area (Å²) in [5, 5.41) is 8.42. The number of hydrogen-bond donors (Lipinski definition) is 0. The zero-order valence-electron chi connectivity index (χ0n) is 10.7. The molecule has 0 aliphatic rings. The van der Waals surface area contributed by atoms with E-state index in [4.69, 9.17) is 5.26 Å². The van der Waals surface area contributed by atoms with Crippen molar-refractivity contribution >= 4 is 0 Å². The van der Waals surface area contributed by atoms with Gasteiger partial charge >= 0.3 is 0 Å². The zero-order chi connectivity index (χ0) is 11.8. The smallest absolute Gasteiger partial charge is 0.0624 e. The van der Waals surface area contributed by atoms with Crippen LogP contribution in [0.25, 0.3) is 0 Å². The van der Waals surface area contributed by atoms with Crippen molar-refractivity contribution in [3.8, 4) is 6.07 Å². The molecule has 0 aromatic carbocycles. The van der Waals surface area contributed by atoms with Gasteiger partial charge in [-0.05, 0) is 41.0 Å². The second-order valence-electron chi connectivity index (χ2n) is 4.50. The Morgan fingerprint density at radius 2 is 1.67 bits per heavy atom. The molecule has 0 saturated heterocycles. The summed E-state index contributed by atoms with van der Waals surface area (Å²) in [6.07, 6.45) is 5.81. The molecule has 0 aromatic heterocycles. The van der Waals surface area contributed by atoms with Gasteiger partial charge in [0, 0.05) is 24.5 Å². The maximum absolute atomic E-state index is 8.42. The molecule has 2 heteroatoms. The van der Waals surface area contributed by atoms with Gasteiger partial charge in [-0.25, -0.2) is 0 Å². The van der Waals surface area contributed by atoms with Crippen LogP contribution in [-0.2, 0) is 0 Å². The molecule has 86 valence electrons. The summed E-state index contributed by atoms with van der Waals surface area (Å²) in [4.78, 5) is 2.46. The third kappa shape index (κ3) is 5.59. The van der Waals surface area contributed by atoms with Gasteiger partial charge in [-0.15, -0.1) is 0 Å². The lowest BCUT2D eigenvalue weighted by atomic mass is 10.1. The van der Waals surface area contributed by atoms with Crippen LogP contribution in [0.3, 0.4) is 0 Å². The minimum Gasteiger partial charge on any atom is -0.292 e. The molecular formula is C13H24N2. The molecule has 0 spiro atoms. The van der Waals surface area contributed by atoms with Crippen LogP contribution in [0, 0.1) is 11.3 Å². The Bertz CT molecular complexity index is 215. The van der Waals surface area contributed by atoms with Crippen molar-refractivity contribution in [1.82, 2.24) is 4.90 Å². The van der Waals surface area contributed by atoms with Gasteiger partial charge in [0.15, 0.2) is 0 Å². The zero-order valence-corrected chi connectivity index (χ0v) is 10.7. The molecule has 0 amide bonds. The van der Waals surface area contributed by atoms with E-state index in [9.17, 15) is 0 Å². The van der Waals surface area contributed by atoms with E-state index in [1.807, 2.05) is 0 Å². The lowest BCUT2D eigenvalue weighted by molar-refractivity contribution is 0.147. The fourth-order valence-corrected chi connectivity index (χ4v) is 2.08. The Kier molecular flexibility index (Phi) is 7.07. The van der Waals surface area contributed by atoms with Crippen LogP contribution >= 0.6 is 0 Å². The minimum absolute atomic E-state index is 0.448. The van der Waals surface area contributed by atoms with Crippen LogP contribution in [0.1, 0.15) is 47.5 Å². The van der Waals surface area contributed by atoms with E-state index in [0.29, 0.717) is 24.5 Å². The Labute approximate surface area is 94.6 Å². The molecule has 1 unspecified atom stereocenters. The molecule has 0 bridgehead atoms. The summed E-state index contributed by atoms with van der Waals surface area (Å²) in [6, 6.07) is 3.71. The number of hydrogen-bond acceptors (Lipinski definition) is 2. The summed E-state index contributed by atoms with van der Waals surface area (Å²) in [5.74, 6) is 0. The van der Waals surface area contributed by atoms with Crippen molar-refractivity contribution in [3.63, 3.8) is 0 Å². The van der Waals surface area contributed by atoms with Gasteiger partial charge in [0.05, 0.1) is 6.07 Å². The molecule has 0 rings (SSSR count). The molecule has 0 fully saturated rings. The molecular weight excluding hydrogens is 184 g/mol. The molecule has 0 radical (unpaired) electrons. The van der Waals surface area contributed by atoms with Crippen molar-refractivity contribution in [2.45, 2.75) is 65.6 Å². The van der Waals surface area contributed by atoms with Gasteiger partial charge < -0.3 is 0 Å². The van der Waals surface area contributed by atoms with Gasteiger partial charge in [0.1, 0.15) is 0 Å². The monoisotopic (exact) mass is 208 g/mol.